The molecule has 0 radical (unpaired) electrons. The second-order valence-electron chi connectivity index (χ2n) is 5.26. The summed E-state index contributed by atoms with van der Waals surface area (Å²) >= 11 is 0. The third-order valence-electron chi connectivity index (χ3n) is 3.64. The average molecular weight is 291 g/mol. The summed E-state index contributed by atoms with van der Waals surface area (Å²) in [5.74, 6) is 0.908. The third-order valence-corrected chi connectivity index (χ3v) is 3.64. The topological polar surface area (TPSA) is 47.8 Å². The molecule has 22 heavy (non-hydrogen) atoms. The first-order chi connectivity index (χ1) is 10.7. The quantitative estimate of drug-likeness (QED) is 0.679. The van der Waals surface area contributed by atoms with Gasteiger partial charge in [-0.2, -0.15) is 0 Å². The number of fused-ring (bicyclic) bond motifs is 1. The molecule has 3 aromatic rings. The molecule has 4 heteroatoms. The maximum absolute atomic E-state index is 11.5. The molecular formula is C18H17N3O. The van der Waals surface area contributed by atoms with Gasteiger partial charge in [0.2, 0.25) is 0 Å². The van der Waals surface area contributed by atoms with Crippen molar-refractivity contribution in [3.8, 4) is 0 Å². The Kier molecular flexibility index (Phi) is 3.83. The Hall–Kier alpha value is -2.75. The van der Waals surface area contributed by atoms with Crippen molar-refractivity contribution in [2.75, 3.05) is 0 Å². The van der Waals surface area contributed by atoms with E-state index in [1.165, 1.54) is 11.6 Å². The van der Waals surface area contributed by atoms with E-state index in [1.54, 1.807) is 6.20 Å². The summed E-state index contributed by atoms with van der Waals surface area (Å²) in [6.07, 6.45) is 3.38. The molecule has 2 heterocycles. The lowest BCUT2D eigenvalue weighted by molar-refractivity contribution is -0.114. The van der Waals surface area contributed by atoms with Gasteiger partial charge >= 0.3 is 0 Å². The Morgan fingerprint density at radius 1 is 1.27 bits per heavy atom. The molecule has 3 rings (SSSR count). The summed E-state index contributed by atoms with van der Waals surface area (Å²) in [7, 11) is 0. The van der Waals surface area contributed by atoms with Crippen LogP contribution in [0.25, 0.3) is 11.2 Å². The number of ketones is 1. The summed E-state index contributed by atoms with van der Waals surface area (Å²) in [6, 6.07) is 12.2. The number of aryl methyl sites for hydroxylation is 1. The monoisotopic (exact) mass is 291 g/mol. The molecule has 0 N–H and O–H groups in total. The van der Waals surface area contributed by atoms with E-state index < -0.39 is 0 Å². The Labute approximate surface area is 129 Å². The fourth-order valence-electron chi connectivity index (χ4n) is 2.50. The van der Waals surface area contributed by atoms with Crippen molar-refractivity contribution in [3.63, 3.8) is 0 Å². The second-order valence-corrected chi connectivity index (χ2v) is 5.26. The standard InChI is InChI=1S/C18H17N3O/c1-3-16(22)9-15-10-17-18(19-11-15)20-13(2)21(17)12-14-7-5-4-6-8-14/h3-8,10-11H,1,9,12H2,2H3. The molecule has 0 saturated carbocycles. The Balaban J connectivity index is 2.01. The number of carbonyl (C=O) groups is 1. The zero-order chi connectivity index (χ0) is 15.5. The molecule has 0 aliphatic rings. The Bertz CT molecular complexity index is 834. The van der Waals surface area contributed by atoms with E-state index in [-0.39, 0.29) is 5.78 Å². The van der Waals surface area contributed by atoms with Crippen molar-refractivity contribution in [1.82, 2.24) is 14.5 Å². The number of nitrogens with zero attached hydrogens (tertiary/aromatic N) is 3. The van der Waals surface area contributed by atoms with Crippen LogP contribution in [-0.4, -0.2) is 20.3 Å². The Morgan fingerprint density at radius 2 is 2.05 bits per heavy atom. The van der Waals surface area contributed by atoms with Gasteiger partial charge in [0.1, 0.15) is 5.82 Å². The Morgan fingerprint density at radius 3 is 2.77 bits per heavy atom. The largest absolute Gasteiger partial charge is 0.322 e. The summed E-state index contributed by atoms with van der Waals surface area (Å²) in [4.78, 5) is 20.4. The number of rotatable bonds is 5. The number of imidazole rings is 1. The number of aromatic nitrogens is 3. The van der Waals surface area contributed by atoms with Crippen LogP contribution in [0.3, 0.4) is 0 Å². The lowest BCUT2D eigenvalue weighted by Gasteiger charge is -2.07. The van der Waals surface area contributed by atoms with E-state index >= 15 is 0 Å². The maximum atomic E-state index is 11.5. The van der Waals surface area contributed by atoms with Crippen molar-refractivity contribution < 1.29 is 4.79 Å². The first-order valence-corrected chi connectivity index (χ1v) is 7.18. The number of hydrogen-bond acceptors (Lipinski definition) is 3. The van der Waals surface area contributed by atoms with E-state index in [0.717, 1.165) is 23.4 Å². The molecule has 4 nitrogen and oxygen atoms in total. The van der Waals surface area contributed by atoms with Gasteiger partial charge in [0.05, 0.1) is 5.52 Å². The van der Waals surface area contributed by atoms with Gasteiger partial charge in [-0.05, 0) is 30.2 Å². The van der Waals surface area contributed by atoms with Crippen molar-refractivity contribution in [2.24, 2.45) is 0 Å². The third kappa shape index (κ3) is 2.81. The van der Waals surface area contributed by atoms with Crippen LogP contribution in [0.2, 0.25) is 0 Å². The lowest BCUT2D eigenvalue weighted by atomic mass is 10.1. The van der Waals surface area contributed by atoms with E-state index in [2.05, 4.69) is 33.2 Å². The molecule has 0 amide bonds. The molecule has 1 aromatic carbocycles. The van der Waals surface area contributed by atoms with Gasteiger partial charge < -0.3 is 4.57 Å². The molecule has 0 bridgehead atoms. The number of benzene rings is 1. The van der Waals surface area contributed by atoms with Crippen LogP contribution in [0.4, 0.5) is 0 Å². The first-order valence-electron chi connectivity index (χ1n) is 7.18. The minimum Gasteiger partial charge on any atom is -0.322 e. The number of hydrogen-bond donors (Lipinski definition) is 0. The van der Waals surface area contributed by atoms with Crippen LogP contribution < -0.4 is 0 Å². The van der Waals surface area contributed by atoms with Crippen LogP contribution in [0.1, 0.15) is 17.0 Å². The molecule has 0 atom stereocenters. The lowest BCUT2D eigenvalue weighted by Crippen LogP contribution is -2.03. The average Bonchev–Trinajstić information content (AvgIpc) is 2.84. The molecule has 2 aromatic heterocycles. The van der Waals surface area contributed by atoms with Crippen LogP contribution in [0.15, 0.2) is 55.3 Å². The predicted molar refractivity (Wildman–Crippen MR) is 86.7 cm³/mol. The molecule has 110 valence electrons. The fourth-order valence-corrected chi connectivity index (χ4v) is 2.50. The first kappa shape index (κ1) is 14.2. The van der Waals surface area contributed by atoms with Gasteiger partial charge in [0, 0.05) is 19.2 Å². The summed E-state index contributed by atoms with van der Waals surface area (Å²) in [5, 5.41) is 0. The second kappa shape index (κ2) is 5.93. The molecule has 0 saturated heterocycles. The van der Waals surface area contributed by atoms with Crippen molar-refractivity contribution in [1.29, 1.82) is 0 Å². The fraction of sp³-hybridized carbons (Fsp3) is 0.167. The van der Waals surface area contributed by atoms with Crippen molar-refractivity contribution in [3.05, 3.63) is 72.2 Å². The molecular weight excluding hydrogens is 274 g/mol. The maximum Gasteiger partial charge on any atom is 0.177 e. The number of pyridine rings is 1. The molecule has 0 unspecified atom stereocenters. The van der Waals surface area contributed by atoms with E-state index in [9.17, 15) is 4.79 Å². The van der Waals surface area contributed by atoms with Gasteiger partial charge in [-0.25, -0.2) is 9.97 Å². The minimum absolute atomic E-state index is 0.00741. The van der Waals surface area contributed by atoms with Crippen LogP contribution in [-0.2, 0) is 17.8 Å². The molecule has 0 fully saturated rings. The highest BCUT2D eigenvalue weighted by Crippen LogP contribution is 2.18. The van der Waals surface area contributed by atoms with Gasteiger partial charge in [-0.15, -0.1) is 0 Å². The number of allylic oxidation sites excluding steroid dienone is 1. The van der Waals surface area contributed by atoms with Crippen molar-refractivity contribution >= 4 is 16.9 Å². The predicted octanol–water partition coefficient (Wildman–Crippen LogP) is 3.09. The highest BCUT2D eigenvalue weighted by Gasteiger charge is 2.10. The van der Waals surface area contributed by atoms with Crippen LogP contribution >= 0.6 is 0 Å². The smallest absolute Gasteiger partial charge is 0.177 e. The summed E-state index contributed by atoms with van der Waals surface area (Å²) < 4.78 is 2.12. The van der Waals surface area contributed by atoms with E-state index in [4.69, 9.17) is 0 Å². The van der Waals surface area contributed by atoms with Crippen LogP contribution in [0.5, 0.6) is 0 Å². The van der Waals surface area contributed by atoms with E-state index in [1.807, 2.05) is 31.2 Å². The normalized spacial score (nSPS) is 10.8. The highest BCUT2D eigenvalue weighted by atomic mass is 16.1. The zero-order valence-corrected chi connectivity index (χ0v) is 12.5. The SMILES string of the molecule is C=CC(=O)Cc1cnc2nc(C)n(Cc3ccccc3)c2c1. The molecule has 0 aliphatic carbocycles. The van der Waals surface area contributed by atoms with Gasteiger partial charge in [-0.3, -0.25) is 4.79 Å². The highest BCUT2D eigenvalue weighted by molar-refractivity contribution is 5.91. The summed E-state index contributed by atoms with van der Waals surface area (Å²) in [6.45, 7) is 6.22. The van der Waals surface area contributed by atoms with Gasteiger partial charge in [-0.1, -0.05) is 36.9 Å². The number of carbonyl (C=O) groups excluding carboxylic acids is 1. The van der Waals surface area contributed by atoms with Gasteiger partial charge in [0.15, 0.2) is 11.4 Å². The molecule has 0 aliphatic heterocycles. The summed E-state index contributed by atoms with van der Waals surface area (Å²) in [5.41, 5.74) is 3.75. The van der Waals surface area contributed by atoms with Gasteiger partial charge in [0.25, 0.3) is 0 Å². The molecule has 0 spiro atoms. The van der Waals surface area contributed by atoms with Crippen molar-refractivity contribution in [2.45, 2.75) is 19.9 Å². The zero-order valence-electron chi connectivity index (χ0n) is 12.5. The van der Waals surface area contributed by atoms with Crippen LogP contribution in [0, 0.1) is 6.92 Å². The minimum atomic E-state index is -0.00741. The van der Waals surface area contributed by atoms with E-state index in [0.29, 0.717) is 12.1 Å².